The number of rotatable bonds is 5. The number of hydrogen-bond donors (Lipinski definition) is 1. The molecule has 3 aliphatic carbocycles. The van der Waals surface area contributed by atoms with E-state index in [0.717, 1.165) is 17.0 Å². The monoisotopic (exact) mass is 514 g/mol. The Morgan fingerprint density at radius 3 is 2.54 bits per heavy atom. The predicted molar refractivity (Wildman–Crippen MR) is 130 cm³/mol. The largest absolute Gasteiger partial charge is 0.394 e. The zero-order valence-corrected chi connectivity index (χ0v) is 21.0. The van der Waals surface area contributed by atoms with Crippen LogP contribution in [-0.4, -0.2) is 43.9 Å². The number of nitrogens with zero attached hydrogens (tertiary/aromatic N) is 5. The highest BCUT2D eigenvalue weighted by Gasteiger charge is 2.79. The summed E-state index contributed by atoms with van der Waals surface area (Å²) in [5.74, 6) is 0.521. The van der Waals surface area contributed by atoms with Crippen molar-refractivity contribution in [3.63, 3.8) is 0 Å². The van der Waals surface area contributed by atoms with Gasteiger partial charge in [-0.25, -0.2) is 24.6 Å². The van der Waals surface area contributed by atoms with Crippen LogP contribution in [0.3, 0.4) is 0 Å². The van der Waals surface area contributed by atoms with Gasteiger partial charge in [-0.2, -0.15) is 13.2 Å². The van der Waals surface area contributed by atoms with Gasteiger partial charge in [-0.15, -0.1) is 0 Å². The van der Waals surface area contributed by atoms with E-state index in [1.54, 1.807) is 12.3 Å². The molecule has 0 unspecified atom stereocenters. The van der Waals surface area contributed by atoms with Gasteiger partial charge in [0.15, 0.2) is 5.65 Å². The third kappa shape index (κ3) is 3.72. The van der Waals surface area contributed by atoms with Crippen molar-refractivity contribution in [3.05, 3.63) is 57.2 Å². The number of halogens is 3. The summed E-state index contributed by atoms with van der Waals surface area (Å²) in [7, 11) is 0. The molecule has 7 rings (SSSR count). The van der Waals surface area contributed by atoms with Crippen LogP contribution in [0.1, 0.15) is 79.5 Å². The molecule has 8 nitrogen and oxygen atoms in total. The van der Waals surface area contributed by atoms with Gasteiger partial charge in [-0.3, -0.25) is 4.79 Å². The van der Waals surface area contributed by atoms with E-state index >= 15 is 0 Å². The molecule has 1 aliphatic heterocycles. The molecule has 4 aliphatic rings. The molecule has 0 radical (unpaired) electrons. The Labute approximate surface area is 211 Å². The zero-order chi connectivity index (χ0) is 26.2. The van der Waals surface area contributed by atoms with Crippen molar-refractivity contribution in [2.24, 2.45) is 5.41 Å². The Morgan fingerprint density at radius 1 is 1.11 bits per heavy atom. The van der Waals surface area contributed by atoms with Crippen LogP contribution >= 0.6 is 0 Å². The molecule has 2 bridgehead atoms. The summed E-state index contributed by atoms with van der Waals surface area (Å²) >= 11 is 0. The predicted octanol–water partition coefficient (Wildman–Crippen LogP) is 4.38. The number of hydrogen-bond acceptors (Lipinski definition) is 7. The van der Waals surface area contributed by atoms with E-state index in [2.05, 4.69) is 15.4 Å². The molecular weight excluding hydrogens is 485 g/mol. The number of nitrogens with one attached hydrogen (secondary N) is 1. The van der Waals surface area contributed by atoms with Gasteiger partial charge in [-0.1, -0.05) is 0 Å². The van der Waals surface area contributed by atoms with E-state index in [1.165, 1.54) is 10.7 Å². The van der Waals surface area contributed by atoms with E-state index in [1.807, 2.05) is 20.8 Å². The molecule has 196 valence electrons. The maximum atomic E-state index is 13.6. The first-order valence-electron chi connectivity index (χ1n) is 12.7. The lowest BCUT2D eigenvalue weighted by Crippen LogP contribution is -2.70. The fourth-order valence-electron chi connectivity index (χ4n) is 6.27. The SMILES string of the molecule is CCNn1cc([C@H]2C[C@@H](c3nc(C45CC(C(F)(F)F)(C4)C5)c4nc(C)c(C)nc4n3)CCO2)ccc1=O. The first kappa shape index (κ1) is 24.3. The van der Waals surface area contributed by atoms with Gasteiger partial charge >= 0.3 is 6.18 Å². The first-order chi connectivity index (χ1) is 17.5. The average molecular weight is 515 g/mol. The highest BCUT2D eigenvalue weighted by atomic mass is 19.4. The van der Waals surface area contributed by atoms with Crippen LogP contribution in [0, 0.1) is 19.3 Å². The van der Waals surface area contributed by atoms with Crippen LogP contribution in [-0.2, 0) is 10.2 Å². The van der Waals surface area contributed by atoms with E-state index in [0.29, 0.717) is 48.7 Å². The third-order valence-electron chi connectivity index (χ3n) is 8.38. The highest BCUT2D eigenvalue weighted by Crippen LogP contribution is 2.78. The second kappa shape index (κ2) is 8.21. The molecule has 3 saturated carbocycles. The minimum Gasteiger partial charge on any atom is -0.373 e. The molecular formula is C26H29F3N6O2. The molecule has 1 N–H and O–H groups in total. The topological polar surface area (TPSA) is 94.8 Å². The lowest BCUT2D eigenvalue weighted by molar-refractivity contribution is -0.337. The minimum absolute atomic E-state index is 0.0477. The molecule has 4 heterocycles. The van der Waals surface area contributed by atoms with E-state index in [9.17, 15) is 18.0 Å². The molecule has 0 spiro atoms. The van der Waals surface area contributed by atoms with E-state index in [-0.39, 0.29) is 36.8 Å². The quantitative estimate of drug-likeness (QED) is 0.540. The summed E-state index contributed by atoms with van der Waals surface area (Å²) in [5, 5.41) is 0. The summed E-state index contributed by atoms with van der Waals surface area (Å²) < 4.78 is 48.3. The zero-order valence-electron chi connectivity index (χ0n) is 21.0. The molecule has 2 atom stereocenters. The fourth-order valence-corrected chi connectivity index (χ4v) is 6.27. The van der Waals surface area contributed by atoms with Gasteiger partial charge in [0.2, 0.25) is 0 Å². The van der Waals surface area contributed by atoms with Crippen molar-refractivity contribution in [2.75, 3.05) is 18.6 Å². The molecule has 0 aromatic carbocycles. The van der Waals surface area contributed by atoms with Crippen LogP contribution in [0.2, 0.25) is 0 Å². The van der Waals surface area contributed by atoms with Gasteiger partial charge in [0.25, 0.3) is 5.56 Å². The summed E-state index contributed by atoms with van der Waals surface area (Å²) in [5.41, 5.74) is 4.55. The van der Waals surface area contributed by atoms with Crippen LogP contribution in [0.4, 0.5) is 13.2 Å². The van der Waals surface area contributed by atoms with Gasteiger partial charge < -0.3 is 10.2 Å². The molecule has 11 heteroatoms. The number of alkyl halides is 3. The van der Waals surface area contributed by atoms with Crippen LogP contribution in [0.5, 0.6) is 0 Å². The van der Waals surface area contributed by atoms with Crippen LogP contribution in [0.25, 0.3) is 11.2 Å². The van der Waals surface area contributed by atoms with E-state index < -0.39 is 17.0 Å². The lowest BCUT2D eigenvalue weighted by Gasteiger charge is -2.70. The number of aromatic nitrogens is 5. The van der Waals surface area contributed by atoms with Crippen molar-refractivity contribution in [1.82, 2.24) is 24.6 Å². The fraction of sp³-hybridized carbons (Fsp3) is 0.577. The molecule has 1 saturated heterocycles. The molecule has 0 amide bonds. The van der Waals surface area contributed by atoms with Crippen LogP contribution < -0.4 is 11.0 Å². The second-order valence-electron chi connectivity index (χ2n) is 10.8. The third-order valence-corrected chi connectivity index (χ3v) is 8.38. The summed E-state index contributed by atoms with van der Waals surface area (Å²) in [6.07, 6.45) is -1.29. The van der Waals surface area contributed by atoms with Gasteiger partial charge in [-0.05, 0) is 64.5 Å². The van der Waals surface area contributed by atoms with Crippen molar-refractivity contribution in [2.45, 2.75) is 76.5 Å². The Balaban J connectivity index is 1.36. The first-order valence-corrected chi connectivity index (χ1v) is 12.7. The summed E-state index contributed by atoms with van der Waals surface area (Å²) in [6, 6.07) is 3.28. The summed E-state index contributed by atoms with van der Waals surface area (Å²) in [4.78, 5) is 31.2. The maximum Gasteiger partial charge on any atom is 0.394 e. The standard InChI is InChI=1S/C26H29F3N6O2/c1-4-30-35-10-17(5-6-19(35)36)18-9-16(7-8-37-18)22-33-21(20-23(34-22)32-15(3)14(2)31-20)24-11-25(12-24,13-24)26(27,28)29/h5-6,10,16,18,30H,4,7-9,11-13H2,1-3H3/t16-,18+,24?,25?/m0/s1. The molecule has 4 fully saturated rings. The van der Waals surface area contributed by atoms with Gasteiger partial charge in [0, 0.05) is 36.7 Å². The van der Waals surface area contributed by atoms with Crippen molar-refractivity contribution >= 4 is 11.2 Å². The smallest absolute Gasteiger partial charge is 0.373 e. The van der Waals surface area contributed by atoms with Crippen LogP contribution in [0.15, 0.2) is 23.1 Å². The lowest BCUT2D eigenvalue weighted by atomic mass is 9.34. The Kier molecular flexibility index (Phi) is 5.38. The average Bonchev–Trinajstić information content (AvgIpc) is 2.79. The minimum atomic E-state index is -4.20. The Morgan fingerprint density at radius 2 is 1.84 bits per heavy atom. The maximum absolute atomic E-state index is 13.6. The Hall–Kier alpha value is -3.08. The number of aryl methyl sites for hydroxylation is 2. The van der Waals surface area contributed by atoms with Crippen molar-refractivity contribution < 1.29 is 17.9 Å². The number of pyridine rings is 1. The van der Waals surface area contributed by atoms with Gasteiger partial charge in [0.1, 0.15) is 11.3 Å². The Bertz CT molecular complexity index is 1430. The van der Waals surface area contributed by atoms with Crippen molar-refractivity contribution in [3.8, 4) is 0 Å². The van der Waals surface area contributed by atoms with Gasteiger partial charge in [0.05, 0.1) is 28.6 Å². The number of ether oxygens (including phenoxy) is 1. The molecule has 3 aromatic rings. The second-order valence-corrected chi connectivity index (χ2v) is 10.8. The van der Waals surface area contributed by atoms with Crippen molar-refractivity contribution in [1.29, 1.82) is 0 Å². The molecule has 3 aromatic heterocycles. The molecule has 37 heavy (non-hydrogen) atoms. The van der Waals surface area contributed by atoms with E-state index in [4.69, 9.17) is 14.7 Å². The number of fused-ring (bicyclic) bond motifs is 1. The normalized spacial score (nSPS) is 29.0. The highest BCUT2D eigenvalue weighted by molar-refractivity contribution is 5.75. The summed E-state index contributed by atoms with van der Waals surface area (Å²) in [6.45, 7) is 6.69.